The van der Waals surface area contributed by atoms with Crippen LogP contribution in [0.15, 0.2) is 66.7 Å². The molecule has 136 valence electrons. The average molecular weight is 377 g/mol. The second-order valence-electron chi connectivity index (χ2n) is 6.47. The first-order chi connectivity index (χ1) is 13.2. The van der Waals surface area contributed by atoms with Crippen LogP contribution in [0.5, 0.6) is 5.75 Å². The number of halogens is 1. The smallest absolute Gasteiger partial charge is 0.130 e. The number of nitrogens with one attached hydrogen (secondary N) is 1. The van der Waals surface area contributed by atoms with Gasteiger partial charge in [0.25, 0.3) is 0 Å². The van der Waals surface area contributed by atoms with Gasteiger partial charge in [-0.05, 0) is 59.0 Å². The van der Waals surface area contributed by atoms with E-state index in [0.29, 0.717) is 12.4 Å². The summed E-state index contributed by atoms with van der Waals surface area (Å²) in [7, 11) is 0. The molecule has 1 aliphatic rings. The lowest BCUT2D eigenvalue weighted by molar-refractivity contribution is 0.305. The van der Waals surface area contributed by atoms with E-state index in [4.69, 9.17) is 4.74 Å². The van der Waals surface area contributed by atoms with Crippen LogP contribution in [0.2, 0.25) is 0 Å². The molecule has 4 rings (SSSR count). The van der Waals surface area contributed by atoms with Crippen LogP contribution in [0.1, 0.15) is 29.2 Å². The van der Waals surface area contributed by atoms with Gasteiger partial charge in [0, 0.05) is 23.6 Å². The monoisotopic (exact) mass is 377 g/mol. The van der Waals surface area contributed by atoms with E-state index < -0.39 is 0 Å². The van der Waals surface area contributed by atoms with E-state index in [9.17, 15) is 4.39 Å². The molecule has 0 fully saturated rings. The molecule has 0 bridgehead atoms. The van der Waals surface area contributed by atoms with Crippen molar-refractivity contribution < 1.29 is 9.13 Å². The summed E-state index contributed by atoms with van der Waals surface area (Å²) in [6.07, 6.45) is 2.00. The third-order valence-corrected chi connectivity index (χ3v) is 5.21. The fourth-order valence-electron chi connectivity index (χ4n) is 3.49. The van der Waals surface area contributed by atoms with Crippen LogP contribution in [0.25, 0.3) is 11.1 Å². The van der Waals surface area contributed by atoms with Gasteiger partial charge in [-0.1, -0.05) is 48.3 Å². The summed E-state index contributed by atoms with van der Waals surface area (Å²) in [6, 6.07) is 21.3. The molecule has 1 N–H and O–H groups in total. The molecule has 4 heteroatoms. The van der Waals surface area contributed by atoms with Crippen molar-refractivity contribution in [3.8, 4) is 5.75 Å². The molecule has 0 saturated heterocycles. The predicted octanol–water partition coefficient (Wildman–Crippen LogP) is 6.39. The number of fused-ring (bicyclic) bond motifs is 2. The Morgan fingerprint density at radius 3 is 2.70 bits per heavy atom. The zero-order valence-corrected chi connectivity index (χ0v) is 16.1. The van der Waals surface area contributed by atoms with Gasteiger partial charge < -0.3 is 9.46 Å². The van der Waals surface area contributed by atoms with Crippen molar-refractivity contribution in [3.63, 3.8) is 0 Å². The first-order valence-electron chi connectivity index (χ1n) is 8.78. The van der Waals surface area contributed by atoms with Gasteiger partial charge in [0.15, 0.2) is 0 Å². The largest absolute Gasteiger partial charge is 0.488 e. The molecule has 3 aromatic rings. The maximum Gasteiger partial charge on any atom is 0.130 e. The van der Waals surface area contributed by atoms with E-state index in [-0.39, 0.29) is 5.82 Å². The molecular formula is C23H20FNOS. The van der Waals surface area contributed by atoms with Crippen LogP contribution < -0.4 is 9.46 Å². The summed E-state index contributed by atoms with van der Waals surface area (Å²) in [5.41, 5.74) is 7.53. The van der Waals surface area contributed by atoms with Crippen molar-refractivity contribution in [2.24, 2.45) is 0 Å². The third kappa shape index (κ3) is 3.45. The Kier molecular flexibility index (Phi) is 4.90. The van der Waals surface area contributed by atoms with Crippen LogP contribution in [0.3, 0.4) is 0 Å². The molecule has 27 heavy (non-hydrogen) atoms. The standard InChI is InChI=1S/C23H20FNOS/c1-15(16-7-5-8-19(12-16)25-27-2)23-20-9-4-3-6-17(20)14-26-22-13-18(24)10-11-21(22)23/h3-13,25H,14H2,1-2H3/b23-15+. The Morgan fingerprint density at radius 1 is 1.00 bits per heavy atom. The number of hydrogen-bond acceptors (Lipinski definition) is 3. The second-order valence-corrected chi connectivity index (χ2v) is 7.09. The topological polar surface area (TPSA) is 21.3 Å². The number of rotatable bonds is 3. The minimum atomic E-state index is -0.289. The zero-order chi connectivity index (χ0) is 18.8. The van der Waals surface area contributed by atoms with Gasteiger partial charge in [-0.3, -0.25) is 0 Å². The molecule has 2 nitrogen and oxygen atoms in total. The molecule has 1 aliphatic heterocycles. The summed E-state index contributed by atoms with van der Waals surface area (Å²) in [6.45, 7) is 2.54. The number of allylic oxidation sites excluding steroid dienone is 1. The van der Waals surface area contributed by atoms with E-state index in [0.717, 1.165) is 39.1 Å². The molecule has 3 aromatic carbocycles. The van der Waals surface area contributed by atoms with Gasteiger partial charge in [-0.25, -0.2) is 4.39 Å². The van der Waals surface area contributed by atoms with E-state index >= 15 is 0 Å². The summed E-state index contributed by atoms with van der Waals surface area (Å²) in [5, 5.41) is 0. The van der Waals surface area contributed by atoms with Crippen LogP contribution in [-0.4, -0.2) is 6.26 Å². The highest BCUT2D eigenvalue weighted by atomic mass is 32.2. The Balaban J connectivity index is 1.97. The van der Waals surface area contributed by atoms with E-state index in [1.54, 1.807) is 11.9 Å². The minimum absolute atomic E-state index is 0.289. The molecule has 0 spiro atoms. The number of anilines is 1. The van der Waals surface area contributed by atoms with Gasteiger partial charge in [-0.2, -0.15) is 0 Å². The molecule has 0 saturated carbocycles. The van der Waals surface area contributed by atoms with Gasteiger partial charge in [0.1, 0.15) is 18.2 Å². The molecule has 0 amide bonds. The first-order valence-corrected chi connectivity index (χ1v) is 10.0. The zero-order valence-electron chi connectivity index (χ0n) is 15.3. The Morgan fingerprint density at radius 2 is 1.85 bits per heavy atom. The minimum Gasteiger partial charge on any atom is -0.488 e. The van der Waals surface area contributed by atoms with E-state index in [1.165, 1.54) is 12.1 Å². The Bertz CT molecular complexity index is 1030. The lowest BCUT2D eigenvalue weighted by atomic mass is 9.88. The maximum absolute atomic E-state index is 13.8. The van der Waals surface area contributed by atoms with Gasteiger partial charge in [-0.15, -0.1) is 0 Å². The molecule has 1 heterocycles. The van der Waals surface area contributed by atoms with Crippen LogP contribution in [0.4, 0.5) is 10.1 Å². The van der Waals surface area contributed by atoms with Crippen molar-refractivity contribution >= 4 is 28.8 Å². The fraction of sp³-hybridized carbons (Fsp3) is 0.130. The fourth-order valence-corrected chi connectivity index (χ4v) is 3.86. The maximum atomic E-state index is 13.8. The average Bonchev–Trinajstić information content (AvgIpc) is 2.84. The summed E-state index contributed by atoms with van der Waals surface area (Å²) in [4.78, 5) is 0. The SMILES string of the molecule is CSNc1cccc(/C(C)=C2\c3ccccc3COc3cc(F)ccc32)c1. The van der Waals surface area contributed by atoms with Gasteiger partial charge >= 0.3 is 0 Å². The van der Waals surface area contributed by atoms with Crippen LogP contribution in [0, 0.1) is 5.82 Å². The number of hydrogen-bond donors (Lipinski definition) is 1. The van der Waals surface area contributed by atoms with Crippen molar-refractivity contribution in [1.82, 2.24) is 0 Å². The quantitative estimate of drug-likeness (QED) is 0.535. The summed E-state index contributed by atoms with van der Waals surface area (Å²) in [5.74, 6) is 0.293. The molecule has 0 unspecified atom stereocenters. The summed E-state index contributed by atoms with van der Waals surface area (Å²) < 4.78 is 23.1. The predicted molar refractivity (Wildman–Crippen MR) is 112 cm³/mol. The third-order valence-electron chi connectivity index (χ3n) is 4.77. The number of benzene rings is 3. The van der Waals surface area contributed by atoms with Gasteiger partial charge in [0.2, 0.25) is 0 Å². The van der Waals surface area contributed by atoms with Crippen molar-refractivity contribution in [2.75, 3.05) is 11.0 Å². The normalized spacial score (nSPS) is 14.5. The molecule has 0 atom stereocenters. The van der Waals surface area contributed by atoms with E-state index in [1.807, 2.05) is 36.6 Å². The lowest BCUT2D eigenvalue weighted by Crippen LogP contribution is -1.96. The Labute approximate surface area is 163 Å². The van der Waals surface area contributed by atoms with Crippen molar-refractivity contribution in [3.05, 3.63) is 94.8 Å². The second kappa shape index (κ2) is 7.49. The van der Waals surface area contributed by atoms with E-state index in [2.05, 4.69) is 35.9 Å². The molecule has 0 radical (unpaired) electrons. The molecule has 0 aliphatic carbocycles. The highest BCUT2D eigenvalue weighted by Crippen LogP contribution is 2.41. The molecule has 0 aromatic heterocycles. The summed E-state index contributed by atoms with van der Waals surface area (Å²) >= 11 is 1.57. The van der Waals surface area contributed by atoms with Crippen molar-refractivity contribution in [1.29, 1.82) is 0 Å². The lowest BCUT2D eigenvalue weighted by Gasteiger charge is -2.16. The van der Waals surface area contributed by atoms with Crippen LogP contribution >= 0.6 is 11.9 Å². The van der Waals surface area contributed by atoms with Crippen LogP contribution in [-0.2, 0) is 6.61 Å². The van der Waals surface area contributed by atoms with Crippen molar-refractivity contribution in [2.45, 2.75) is 13.5 Å². The Hall–Kier alpha value is -2.72. The highest BCUT2D eigenvalue weighted by molar-refractivity contribution is 7.99. The van der Waals surface area contributed by atoms with Gasteiger partial charge in [0.05, 0.1) is 0 Å². The first kappa shape index (κ1) is 17.7. The molecular weight excluding hydrogens is 357 g/mol. The number of ether oxygens (including phenoxy) is 1. The highest BCUT2D eigenvalue weighted by Gasteiger charge is 2.22.